The Bertz CT molecular complexity index is 1290. The van der Waals surface area contributed by atoms with Crippen LogP contribution in [0.15, 0.2) is 78.0 Å². The molecule has 186 valence electrons. The summed E-state index contributed by atoms with van der Waals surface area (Å²) in [5.41, 5.74) is 2.82. The molecule has 1 aromatic heterocycles. The van der Waals surface area contributed by atoms with Crippen LogP contribution in [0.4, 0.5) is 5.69 Å². The number of nitrogens with one attached hydrogen (secondary N) is 1. The topological polar surface area (TPSA) is 78.3 Å². The van der Waals surface area contributed by atoms with Crippen molar-refractivity contribution < 1.29 is 14.3 Å². The summed E-state index contributed by atoms with van der Waals surface area (Å²) >= 11 is 7.27. The van der Waals surface area contributed by atoms with Crippen molar-refractivity contribution in [2.75, 3.05) is 18.2 Å². The molecule has 0 aliphatic carbocycles. The number of anilines is 1. The highest BCUT2D eigenvalue weighted by Gasteiger charge is 2.17. The maximum atomic E-state index is 12.6. The van der Waals surface area contributed by atoms with Crippen LogP contribution < -0.4 is 14.8 Å². The highest BCUT2D eigenvalue weighted by atomic mass is 35.5. The fourth-order valence-corrected chi connectivity index (χ4v) is 4.33. The molecule has 0 bridgehead atoms. The van der Waals surface area contributed by atoms with E-state index < -0.39 is 0 Å². The predicted molar refractivity (Wildman–Crippen MR) is 144 cm³/mol. The van der Waals surface area contributed by atoms with E-state index in [1.165, 1.54) is 17.3 Å². The quantitative estimate of drug-likeness (QED) is 0.244. The highest BCUT2D eigenvalue weighted by molar-refractivity contribution is 7.99. The minimum absolute atomic E-state index is 0.124. The molecule has 0 aliphatic heterocycles. The molecule has 0 spiro atoms. The predicted octanol–water partition coefficient (Wildman–Crippen LogP) is 6.36. The number of nitrogens with zero attached hydrogens (tertiary/aromatic N) is 3. The maximum absolute atomic E-state index is 12.6. The number of rotatable bonds is 10. The lowest BCUT2D eigenvalue weighted by Gasteiger charge is -2.12. The van der Waals surface area contributed by atoms with Gasteiger partial charge in [-0.2, -0.15) is 0 Å². The number of aromatic nitrogens is 3. The van der Waals surface area contributed by atoms with E-state index in [1.807, 2.05) is 53.1 Å². The molecule has 3 aromatic carbocycles. The number of thioether (sulfide) groups is 1. The number of benzene rings is 3. The molecule has 36 heavy (non-hydrogen) atoms. The summed E-state index contributed by atoms with van der Waals surface area (Å²) < 4.78 is 13.1. The SMILES string of the molecule is COc1ccc(-n2c(COc3ccc(Cl)cc3)nnc2SCC(=O)Nc2ccc(C(C)C)cc2)cc1. The lowest BCUT2D eigenvalue weighted by molar-refractivity contribution is -0.113. The molecule has 0 saturated carbocycles. The van der Waals surface area contributed by atoms with Crippen LogP contribution in [0.5, 0.6) is 11.5 Å². The number of hydrogen-bond acceptors (Lipinski definition) is 6. The van der Waals surface area contributed by atoms with Gasteiger partial charge < -0.3 is 14.8 Å². The van der Waals surface area contributed by atoms with Crippen LogP contribution in [-0.4, -0.2) is 33.5 Å². The van der Waals surface area contributed by atoms with Crippen LogP contribution in [0.3, 0.4) is 0 Å². The number of methoxy groups -OCH3 is 1. The van der Waals surface area contributed by atoms with Crippen molar-refractivity contribution in [3.8, 4) is 17.2 Å². The average molecular weight is 523 g/mol. The fourth-order valence-electron chi connectivity index (χ4n) is 3.44. The van der Waals surface area contributed by atoms with Crippen molar-refractivity contribution in [2.45, 2.75) is 31.5 Å². The summed E-state index contributed by atoms with van der Waals surface area (Å²) in [7, 11) is 1.62. The van der Waals surface area contributed by atoms with E-state index in [-0.39, 0.29) is 18.3 Å². The first-order valence-corrected chi connectivity index (χ1v) is 12.8. The summed E-state index contributed by atoms with van der Waals surface area (Å²) in [4.78, 5) is 12.6. The zero-order valence-electron chi connectivity index (χ0n) is 20.3. The summed E-state index contributed by atoms with van der Waals surface area (Å²) in [6, 6.07) is 22.6. The minimum Gasteiger partial charge on any atom is -0.497 e. The molecule has 9 heteroatoms. The third kappa shape index (κ3) is 6.59. The molecular weight excluding hydrogens is 496 g/mol. The van der Waals surface area contributed by atoms with Gasteiger partial charge in [-0.3, -0.25) is 9.36 Å². The number of carbonyl (C=O) groups excluding carboxylic acids is 1. The van der Waals surface area contributed by atoms with Gasteiger partial charge in [0.25, 0.3) is 0 Å². The third-order valence-electron chi connectivity index (χ3n) is 5.41. The van der Waals surface area contributed by atoms with E-state index in [0.717, 1.165) is 17.1 Å². The Morgan fingerprint density at radius 3 is 2.28 bits per heavy atom. The summed E-state index contributed by atoms with van der Waals surface area (Å²) in [5.74, 6) is 2.50. The molecule has 1 amide bonds. The molecule has 1 heterocycles. The number of halogens is 1. The summed E-state index contributed by atoms with van der Waals surface area (Å²) in [6.45, 7) is 4.46. The molecule has 0 aliphatic rings. The summed E-state index contributed by atoms with van der Waals surface area (Å²) in [6.07, 6.45) is 0. The molecule has 4 rings (SSSR count). The summed E-state index contributed by atoms with van der Waals surface area (Å²) in [5, 5.41) is 12.8. The van der Waals surface area contributed by atoms with Crippen LogP contribution in [0.1, 0.15) is 31.2 Å². The largest absolute Gasteiger partial charge is 0.497 e. The normalized spacial score (nSPS) is 10.9. The van der Waals surface area contributed by atoms with Gasteiger partial charge in [0.05, 0.1) is 12.9 Å². The zero-order valence-corrected chi connectivity index (χ0v) is 21.8. The van der Waals surface area contributed by atoms with Gasteiger partial charge in [0, 0.05) is 16.4 Å². The van der Waals surface area contributed by atoms with Gasteiger partial charge in [-0.15, -0.1) is 10.2 Å². The fraction of sp³-hybridized carbons (Fsp3) is 0.222. The van der Waals surface area contributed by atoms with E-state index in [1.54, 1.807) is 31.4 Å². The first kappa shape index (κ1) is 25.6. The second-order valence-corrected chi connectivity index (χ2v) is 9.67. The van der Waals surface area contributed by atoms with Crippen LogP contribution in [0.25, 0.3) is 5.69 Å². The first-order valence-electron chi connectivity index (χ1n) is 11.4. The molecule has 0 saturated heterocycles. The molecule has 0 radical (unpaired) electrons. The number of amides is 1. The molecule has 4 aromatic rings. The lowest BCUT2D eigenvalue weighted by atomic mass is 10.0. The van der Waals surface area contributed by atoms with Crippen LogP contribution in [-0.2, 0) is 11.4 Å². The Kier molecular flexibility index (Phi) is 8.51. The Hall–Kier alpha value is -3.49. The molecule has 1 N–H and O–H groups in total. The highest BCUT2D eigenvalue weighted by Crippen LogP contribution is 2.25. The lowest BCUT2D eigenvalue weighted by Crippen LogP contribution is -2.15. The van der Waals surface area contributed by atoms with E-state index in [9.17, 15) is 4.79 Å². The van der Waals surface area contributed by atoms with Gasteiger partial charge in [-0.05, 0) is 72.1 Å². The number of carbonyl (C=O) groups is 1. The van der Waals surface area contributed by atoms with Crippen molar-refractivity contribution in [1.82, 2.24) is 14.8 Å². The number of hydrogen-bond donors (Lipinski definition) is 1. The van der Waals surface area contributed by atoms with Crippen LogP contribution in [0, 0.1) is 0 Å². The number of ether oxygens (including phenoxy) is 2. The Morgan fingerprint density at radius 1 is 0.972 bits per heavy atom. The molecule has 0 unspecified atom stereocenters. The second kappa shape index (κ2) is 12.0. The van der Waals surface area contributed by atoms with Crippen molar-refractivity contribution in [3.63, 3.8) is 0 Å². The van der Waals surface area contributed by atoms with Gasteiger partial charge in [-0.25, -0.2) is 0 Å². The molecule has 0 fully saturated rings. The van der Waals surface area contributed by atoms with Gasteiger partial charge in [0.1, 0.15) is 18.1 Å². The van der Waals surface area contributed by atoms with Gasteiger partial charge in [0.2, 0.25) is 5.91 Å². The van der Waals surface area contributed by atoms with Crippen molar-refractivity contribution in [2.24, 2.45) is 0 Å². The zero-order chi connectivity index (χ0) is 25.5. The van der Waals surface area contributed by atoms with Crippen molar-refractivity contribution in [3.05, 3.63) is 89.2 Å². The third-order valence-corrected chi connectivity index (χ3v) is 6.59. The monoisotopic (exact) mass is 522 g/mol. The van der Waals surface area contributed by atoms with Gasteiger partial charge in [-0.1, -0.05) is 49.3 Å². The van der Waals surface area contributed by atoms with E-state index in [4.69, 9.17) is 21.1 Å². The van der Waals surface area contributed by atoms with Gasteiger partial charge >= 0.3 is 0 Å². The Balaban J connectivity index is 1.48. The first-order chi connectivity index (χ1) is 17.4. The minimum atomic E-state index is -0.124. The van der Waals surface area contributed by atoms with E-state index >= 15 is 0 Å². The van der Waals surface area contributed by atoms with E-state index in [2.05, 4.69) is 29.4 Å². The van der Waals surface area contributed by atoms with Crippen LogP contribution >= 0.6 is 23.4 Å². The second-order valence-electron chi connectivity index (χ2n) is 8.29. The maximum Gasteiger partial charge on any atom is 0.234 e. The van der Waals surface area contributed by atoms with Crippen molar-refractivity contribution >= 4 is 35.0 Å². The van der Waals surface area contributed by atoms with Crippen LogP contribution in [0.2, 0.25) is 5.02 Å². The Morgan fingerprint density at radius 2 is 1.64 bits per heavy atom. The molecule has 0 atom stereocenters. The average Bonchev–Trinajstić information content (AvgIpc) is 3.30. The van der Waals surface area contributed by atoms with Crippen molar-refractivity contribution in [1.29, 1.82) is 0 Å². The standard InChI is InChI=1S/C27H27ClN4O3S/c1-18(2)19-4-8-21(9-5-19)29-26(33)17-36-27-31-30-25(16-35-24-12-6-20(28)7-13-24)32(27)22-10-14-23(34-3)15-11-22/h4-15,18H,16-17H2,1-3H3,(H,29,33). The Labute approximate surface area is 219 Å². The molecule has 7 nitrogen and oxygen atoms in total. The van der Waals surface area contributed by atoms with E-state index in [0.29, 0.717) is 27.7 Å². The smallest absolute Gasteiger partial charge is 0.234 e. The molecular formula is C27H27ClN4O3S. The van der Waals surface area contributed by atoms with Gasteiger partial charge in [0.15, 0.2) is 11.0 Å².